The normalized spacial score (nSPS) is 43.8. The van der Waals surface area contributed by atoms with E-state index in [1.54, 1.807) is 6.33 Å². The molecule has 0 saturated heterocycles. The molecule has 0 N–H and O–H groups in total. The molecule has 2 unspecified atom stereocenters. The van der Waals surface area contributed by atoms with Gasteiger partial charge in [0, 0.05) is 0 Å². The quantitative estimate of drug-likeness (QED) is 0.824. The summed E-state index contributed by atoms with van der Waals surface area (Å²) in [4.78, 5) is 4.22. The minimum absolute atomic E-state index is 0.328. The van der Waals surface area contributed by atoms with Crippen molar-refractivity contribution in [2.24, 2.45) is 17.3 Å². The number of unbranched alkanes of at least 4 members (excludes halogenated alkanes) is 1. The highest BCUT2D eigenvalue weighted by Crippen LogP contribution is 2.65. The number of rotatable bonds is 4. The third-order valence-corrected chi connectivity index (χ3v) is 6.12. The van der Waals surface area contributed by atoms with Crippen molar-refractivity contribution in [2.45, 2.75) is 70.3 Å². The van der Waals surface area contributed by atoms with Gasteiger partial charge in [0.2, 0.25) is 0 Å². The van der Waals surface area contributed by atoms with E-state index in [4.69, 9.17) is 0 Å². The lowest BCUT2D eigenvalue weighted by atomic mass is 9.46. The van der Waals surface area contributed by atoms with Gasteiger partial charge in [-0.05, 0) is 62.2 Å². The summed E-state index contributed by atoms with van der Waals surface area (Å²) in [6.07, 6.45) is 16.5. The van der Waals surface area contributed by atoms with E-state index >= 15 is 0 Å². The molecule has 3 heteroatoms. The number of hydrogen-bond acceptors (Lipinski definition) is 2. The highest BCUT2D eigenvalue weighted by molar-refractivity contribution is 5.09. The number of aromatic nitrogens is 3. The van der Waals surface area contributed by atoms with Crippen molar-refractivity contribution in [1.29, 1.82) is 0 Å². The second-order valence-electron chi connectivity index (χ2n) is 7.63. The molecule has 4 saturated carbocycles. The minimum Gasteiger partial charge on any atom is -0.247 e. The van der Waals surface area contributed by atoms with Gasteiger partial charge >= 0.3 is 0 Å². The van der Waals surface area contributed by atoms with Gasteiger partial charge in [0.05, 0.1) is 5.54 Å². The average molecular weight is 259 g/mol. The summed E-state index contributed by atoms with van der Waals surface area (Å²) in [5.74, 6) is 1.92. The monoisotopic (exact) mass is 259 g/mol. The van der Waals surface area contributed by atoms with E-state index in [2.05, 4.69) is 21.7 Å². The van der Waals surface area contributed by atoms with Crippen LogP contribution in [0.15, 0.2) is 12.7 Å². The van der Waals surface area contributed by atoms with Gasteiger partial charge in [0.25, 0.3) is 0 Å². The first kappa shape index (κ1) is 11.9. The molecule has 0 spiro atoms. The van der Waals surface area contributed by atoms with Crippen molar-refractivity contribution in [2.75, 3.05) is 0 Å². The molecule has 1 aromatic rings. The van der Waals surface area contributed by atoms with Gasteiger partial charge in [0.15, 0.2) is 0 Å². The molecule has 0 aliphatic heterocycles. The molecule has 4 aliphatic carbocycles. The van der Waals surface area contributed by atoms with Crippen molar-refractivity contribution in [3.8, 4) is 0 Å². The molecule has 3 nitrogen and oxygen atoms in total. The van der Waals surface area contributed by atoms with E-state index in [9.17, 15) is 0 Å². The lowest BCUT2D eigenvalue weighted by Crippen LogP contribution is -2.56. The Morgan fingerprint density at radius 1 is 1.21 bits per heavy atom. The van der Waals surface area contributed by atoms with Gasteiger partial charge < -0.3 is 0 Å². The molecule has 0 aromatic carbocycles. The third-order valence-electron chi connectivity index (χ3n) is 6.12. The first-order valence-electron chi connectivity index (χ1n) is 8.09. The van der Waals surface area contributed by atoms with Crippen LogP contribution in [0.2, 0.25) is 0 Å². The van der Waals surface area contributed by atoms with Crippen LogP contribution in [-0.4, -0.2) is 14.8 Å². The van der Waals surface area contributed by atoms with Crippen molar-refractivity contribution >= 4 is 0 Å². The molecule has 4 aliphatic rings. The molecule has 4 fully saturated rings. The van der Waals surface area contributed by atoms with E-state index in [1.807, 2.05) is 6.33 Å². The van der Waals surface area contributed by atoms with Crippen LogP contribution in [0.3, 0.4) is 0 Å². The molecular weight excluding hydrogens is 234 g/mol. The van der Waals surface area contributed by atoms with Crippen LogP contribution < -0.4 is 0 Å². The summed E-state index contributed by atoms with van der Waals surface area (Å²) in [7, 11) is 0. The van der Waals surface area contributed by atoms with Gasteiger partial charge in [-0.2, -0.15) is 5.10 Å². The van der Waals surface area contributed by atoms with Crippen LogP contribution in [0.25, 0.3) is 0 Å². The molecule has 0 radical (unpaired) electrons. The highest BCUT2D eigenvalue weighted by atomic mass is 15.4. The molecule has 5 rings (SSSR count). The minimum atomic E-state index is 0.328. The Hall–Kier alpha value is -0.860. The molecule has 1 aromatic heterocycles. The second-order valence-corrected chi connectivity index (χ2v) is 7.63. The van der Waals surface area contributed by atoms with Gasteiger partial charge in [0.1, 0.15) is 12.7 Å². The predicted octanol–water partition coefficient (Wildman–Crippen LogP) is 3.76. The van der Waals surface area contributed by atoms with Gasteiger partial charge in [-0.15, -0.1) is 0 Å². The molecule has 2 atom stereocenters. The second kappa shape index (κ2) is 4.07. The lowest BCUT2D eigenvalue weighted by molar-refractivity contribution is -0.110. The molecule has 1 heterocycles. The van der Waals surface area contributed by atoms with E-state index in [1.165, 1.54) is 57.8 Å². The van der Waals surface area contributed by atoms with Crippen molar-refractivity contribution in [1.82, 2.24) is 14.8 Å². The molecule has 0 amide bonds. The molecule has 104 valence electrons. The van der Waals surface area contributed by atoms with E-state index in [0.717, 1.165) is 11.8 Å². The Bertz CT molecular complexity index is 437. The van der Waals surface area contributed by atoms with Gasteiger partial charge in [-0.3, -0.25) is 0 Å². The van der Waals surface area contributed by atoms with Crippen LogP contribution in [-0.2, 0) is 5.54 Å². The van der Waals surface area contributed by atoms with E-state index in [-0.39, 0.29) is 0 Å². The summed E-state index contributed by atoms with van der Waals surface area (Å²) < 4.78 is 2.23. The Morgan fingerprint density at radius 2 is 2.00 bits per heavy atom. The average Bonchev–Trinajstić information content (AvgIpc) is 2.89. The zero-order chi connectivity index (χ0) is 12.9. The van der Waals surface area contributed by atoms with Crippen molar-refractivity contribution < 1.29 is 0 Å². The Balaban J connectivity index is 1.68. The summed E-state index contributed by atoms with van der Waals surface area (Å²) >= 11 is 0. The van der Waals surface area contributed by atoms with Crippen LogP contribution in [0.4, 0.5) is 0 Å². The summed E-state index contributed by atoms with van der Waals surface area (Å²) in [6, 6.07) is 0. The lowest BCUT2D eigenvalue weighted by Gasteiger charge is -2.62. The summed E-state index contributed by atoms with van der Waals surface area (Å²) in [6.45, 7) is 2.33. The van der Waals surface area contributed by atoms with Crippen LogP contribution in [0.1, 0.15) is 64.7 Å². The molecule has 19 heavy (non-hydrogen) atoms. The molecule has 4 bridgehead atoms. The summed E-state index contributed by atoms with van der Waals surface area (Å²) in [5.41, 5.74) is 0.973. The molecular formula is C16H25N3. The fourth-order valence-corrected chi connectivity index (χ4v) is 5.97. The van der Waals surface area contributed by atoms with Crippen molar-refractivity contribution in [3.05, 3.63) is 12.7 Å². The maximum Gasteiger partial charge on any atom is 0.137 e. The highest BCUT2D eigenvalue weighted by Gasteiger charge is 2.58. The van der Waals surface area contributed by atoms with Gasteiger partial charge in [-0.25, -0.2) is 9.67 Å². The Labute approximate surface area is 115 Å². The van der Waals surface area contributed by atoms with Gasteiger partial charge in [-0.1, -0.05) is 19.8 Å². The zero-order valence-electron chi connectivity index (χ0n) is 12.0. The van der Waals surface area contributed by atoms with Crippen LogP contribution >= 0.6 is 0 Å². The maximum atomic E-state index is 4.52. The first-order chi connectivity index (χ1) is 9.24. The standard InChI is InChI=1S/C16H25N3/c1-2-3-4-15-6-13-5-14(7-15)9-16(8-13,10-15)19-12-17-11-18-19/h11-14H,2-10H2,1H3. The zero-order valence-corrected chi connectivity index (χ0v) is 12.0. The first-order valence-corrected chi connectivity index (χ1v) is 8.09. The summed E-state index contributed by atoms with van der Waals surface area (Å²) in [5, 5.41) is 4.52. The number of nitrogens with zero attached hydrogens (tertiary/aromatic N) is 3. The smallest absolute Gasteiger partial charge is 0.137 e. The van der Waals surface area contributed by atoms with E-state index < -0.39 is 0 Å². The Morgan fingerprint density at radius 3 is 2.63 bits per heavy atom. The third kappa shape index (κ3) is 1.77. The maximum absolute atomic E-state index is 4.52. The number of hydrogen-bond donors (Lipinski definition) is 0. The predicted molar refractivity (Wildman–Crippen MR) is 74.6 cm³/mol. The van der Waals surface area contributed by atoms with Crippen molar-refractivity contribution in [3.63, 3.8) is 0 Å². The topological polar surface area (TPSA) is 30.7 Å². The SMILES string of the molecule is CCCCC12CC3CC(C1)CC(n1cncn1)(C3)C2. The van der Waals surface area contributed by atoms with Crippen LogP contribution in [0, 0.1) is 17.3 Å². The largest absolute Gasteiger partial charge is 0.247 e. The Kier molecular flexibility index (Phi) is 2.55. The van der Waals surface area contributed by atoms with E-state index in [0.29, 0.717) is 11.0 Å². The van der Waals surface area contributed by atoms with Crippen LogP contribution in [0.5, 0.6) is 0 Å². The fourth-order valence-electron chi connectivity index (χ4n) is 5.97. The fraction of sp³-hybridized carbons (Fsp3) is 0.875.